The van der Waals surface area contributed by atoms with Crippen LogP contribution in [0.3, 0.4) is 0 Å². The molecule has 1 aromatic heterocycles. The maximum atomic E-state index is 11.0. The van der Waals surface area contributed by atoms with Gasteiger partial charge in [-0.2, -0.15) is 4.98 Å². The molecule has 0 spiro atoms. The predicted octanol–water partition coefficient (Wildman–Crippen LogP) is 2.02. The number of carboxylic acid groups (broad SMARTS) is 1. The van der Waals surface area contributed by atoms with E-state index in [0.29, 0.717) is 18.4 Å². The molecule has 1 N–H and O–H groups in total. The van der Waals surface area contributed by atoms with Crippen molar-refractivity contribution in [2.75, 3.05) is 18.1 Å². The highest BCUT2D eigenvalue weighted by Crippen LogP contribution is 2.25. The average molecular weight is 279 g/mol. The van der Waals surface area contributed by atoms with Gasteiger partial charge in [-0.25, -0.2) is 4.98 Å². The summed E-state index contributed by atoms with van der Waals surface area (Å²) >= 11 is 0. The molecule has 1 unspecified atom stereocenters. The van der Waals surface area contributed by atoms with Crippen molar-refractivity contribution in [2.45, 2.75) is 45.6 Å². The van der Waals surface area contributed by atoms with Gasteiger partial charge in [0.2, 0.25) is 11.8 Å². The van der Waals surface area contributed by atoms with Crippen LogP contribution in [0.1, 0.15) is 38.3 Å². The fraction of sp³-hybridized carbons (Fsp3) is 0.643. The van der Waals surface area contributed by atoms with Crippen LogP contribution in [0.5, 0.6) is 5.88 Å². The Bertz CT molecular complexity index is 479. The van der Waals surface area contributed by atoms with Gasteiger partial charge in [-0.3, -0.25) is 4.79 Å². The minimum Gasteiger partial charge on any atom is -0.481 e. The van der Waals surface area contributed by atoms with Crippen molar-refractivity contribution in [3.05, 3.63) is 11.8 Å². The Balaban J connectivity index is 2.24. The summed E-state index contributed by atoms with van der Waals surface area (Å²) in [7, 11) is 0. The Hall–Kier alpha value is -1.85. The molecule has 1 aliphatic rings. The van der Waals surface area contributed by atoms with Crippen LogP contribution in [0.2, 0.25) is 0 Å². The molecule has 2 heterocycles. The molecule has 1 aromatic rings. The number of hydrogen-bond acceptors (Lipinski definition) is 5. The van der Waals surface area contributed by atoms with E-state index in [2.05, 4.69) is 9.97 Å². The number of hydrogen-bond donors (Lipinski definition) is 1. The summed E-state index contributed by atoms with van der Waals surface area (Å²) in [6.45, 7) is 5.15. The molecule has 1 saturated heterocycles. The number of aliphatic carboxylic acids is 1. The molecule has 20 heavy (non-hydrogen) atoms. The Morgan fingerprint density at radius 3 is 3.00 bits per heavy atom. The predicted molar refractivity (Wildman–Crippen MR) is 75.2 cm³/mol. The SMILES string of the molecule is CCOc1cc(C)nc(N2CCCCC2CC(=O)O)n1. The molecule has 0 radical (unpaired) electrons. The van der Waals surface area contributed by atoms with E-state index >= 15 is 0 Å². The number of ether oxygens (including phenoxy) is 1. The first-order valence-corrected chi connectivity index (χ1v) is 7.07. The van der Waals surface area contributed by atoms with Crippen molar-refractivity contribution < 1.29 is 14.6 Å². The van der Waals surface area contributed by atoms with Crippen molar-refractivity contribution >= 4 is 11.9 Å². The number of piperidine rings is 1. The quantitative estimate of drug-likeness (QED) is 0.888. The highest BCUT2D eigenvalue weighted by Gasteiger charge is 2.27. The number of rotatable bonds is 5. The normalized spacial score (nSPS) is 18.9. The van der Waals surface area contributed by atoms with E-state index in [1.807, 2.05) is 18.7 Å². The topological polar surface area (TPSA) is 75.5 Å². The van der Waals surface area contributed by atoms with Gasteiger partial charge in [0.1, 0.15) is 0 Å². The molecular weight excluding hydrogens is 258 g/mol. The highest BCUT2D eigenvalue weighted by atomic mass is 16.5. The number of aryl methyl sites for hydroxylation is 1. The standard InChI is InChI=1S/C14H21N3O3/c1-3-20-12-8-10(2)15-14(16-12)17-7-5-4-6-11(17)9-13(18)19/h8,11H,3-7,9H2,1-2H3,(H,18,19). The van der Waals surface area contributed by atoms with Gasteiger partial charge in [-0.1, -0.05) is 0 Å². The van der Waals surface area contributed by atoms with Gasteiger partial charge in [-0.15, -0.1) is 0 Å². The third-order valence-corrected chi connectivity index (χ3v) is 3.41. The Morgan fingerprint density at radius 2 is 2.30 bits per heavy atom. The van der Waals surface area contributed by atoms with Crippen LogP contribution >= 0.6 is 0 Å². The van der Waals surface area contributed by atoms with E-state index in [0.717, 1.165) is 31.5 Å². The molecule has 6 nitrogen and oxygen atoms in total. The summed E-state index contributed by atoms with van der Waals surface area (Å²) in [6, 6.07) is 1.76. The number of nitrogens with zero attached hydrogens (tertiary/aromatic N) is 3. The summed E-state index contributed by atoms with van der Waals surface area (Å²) in [5.41, 5.74) is 0.832. The van der Waals surface area contributed by atoms with Crippen molar-refractivity contribution in [3.63, 3.8) is 0 Å². The van der Waals surface area contributed by atoms with E-state index in [9.17, 15) is 4.79 Å². The zero-order valence-corrected chi connectivity index (χ0v) is 12.0. The van der Waals surface area contributed by atoms with Gasteiger partial charge in [-0.05, 0) is 33.1 Å². The summed E-state index contributed by atoms with van der Waals surface area (Å²) in [5, 5.41) is 9.03. The molecule has 0 aliphatic carbocycles. The fourth-order valence-electron chi connectivity index (χ4n) is 2.55. The number of carbonyl (C=O) groups is 1. The monoisotopic (exact) mass is 279 g/mol. The molecule has 0 bridgehead atoms. The van der Waals surface area contributed by atoms with Crippen molar-refractivity contribution in [1.82, 2.24) is 9.97 Å². The molecule has 2 rings (SSSR count). The van der Waals surface area contributed by atoms with E-state index in [1.54, 1.807) is 6.07 Å². The summed E-state index contributed by atoms with van der Waals surface area (Å²) < 4.78 is 5.44. The van der Waals surface area contributed by atoms with Crippen LogP contribution < -0.4 is 9.64 Å². The van der Waals surface area contributed by atoms with Crippen LogP contribution in [0, 0.1) is 6.92 Å². The van der Waals surface area contributed by atoms with Gasteiger partial charge in [0.25, 0.3) is 0 Å². The Morgan fingerprint density at radius 1 is 1.50 bits per heavy atom. The van der Waals surface area contributed by atoms with E-state index in [1.165, 1.54) is 0 Å². The lowest BCUT2D eigenvalue weighted by atomic mass is 10.00. The maximum absolute atomic E-state index is 11.0. The molecule has 1 atom stereocenters. The van der Waals surface area contributed by atoms with Crippen LogP contribution in [-0.4, -0.2) is 40.2 Å². The second-order valence-electron chi connectivity index (χ2n) is 5.02. The maximum Gasteiger partial charge on any atom is 0.305 e. The molecule has 0 aromatic carbocycles. The molecule has 0 amide bonds. The first kappa shape index (κ1) is 14.6. The van der Waals surface area contributed by atoms with Gasteiger partial charge in [0.05, 0.1) is 13.0 Å². The number of aromatic nitrogens is 2. The van der Waals surface area contributed by atoms with Crippen LogP contribution in [0.25, 0.3) is 0 Å². The smallest absolute Gasteiger partial charge is 0.305 e. The zero-order chi connectivity index (χ0) is 14.5. The molecular formula is C14H21N3O3. The van der Waals surface area contributed by atoms with E-state index in [4.69, 9.17) is 9.84 Å². The Labute approximate surface area is 118 Å². The lowest BCUT2D eigenvalue weighted by molar-refractivity contribution is -0.137. The second kappa shape index (κ2) is 6.54. The highest BCUT2D eigenvalue weighted by molar-refractivity contribution is 5.68. The molecule has 1 aliphatic heterocycles. The largest absolute Gasteiger partial charge is 0.481 e. The first-order chi connectivity index (χ1) is 9.60. The zero-order valence-electron chi connectivity index (χ0n) is 12.0. The number of carboxylic acids is 1. The van der Waals surface area contributed by atoms with Crippen molar-refractivity contribution in [2.24, 2.45) is 0 Å². The van der Waals surface area contributed by atoms with Crippen LogP contribution in [0.4, 0.5) is 5.95 Å². The second-order valence-corrected chi connectivity index (χ2v) is 5.02. The summed E-state index contributed by atoms with van der Waals surface area (Å²) in [6.07, 6.45) is 3.09. The van der Waals surface area contributed by atoms with Crippen molar-refractivity contribution in [1.29, 1.82) is 0 Å². The number of anilines is 1. The minimum absolute atomic E-state index is 0.0301. The Kier molecular flexibility index (Phi) is 4.76. The fourth-order valence-corrected chi connectivity index (χ4v) is 2.55. The van der Waals surface area contributed by atoms with Crippen LogP contribution in [0.15, 0.2) is 6.07 Å². The molecule has 110 valence electrons. The first-order valence-electron chi connectivity index (χ1n) is 7.07. The average Bonchev–Trinajstić information content (AvgIpc) is 2.38. The third-order valence-electron chi connectivity index (χ3n) is 3.41. The van der Waals surface area contributed by atoms with Gasteiger partial charge in [0.15, 0.2) is 0 Å². The lowest BCUT2D eigenvalue weighted by Crippen LogP contribution is -2.42. The minimum atomic E-state index is -0.778. The molecule has 6 heteroatoms. The van der Waals surface area contributed by atoms with Crippen LogP contribution in [-0.2, 0) is 4.79 Å². The van der Waals surface area contributed by atoms with E-state index in [-0.39, 0.29) is 12.5 Å². The van der Waals surface area contributed by atoms with Gasteiger partial charge < -0.3 is 14.7 Å². The summed E-state index contributed by atoms with van der Waals surface area (Å²) in [5.74, 6) is 0.355. The van der Waals surface area contributed by atoms with Crippen molar-refractivity contribution in [3.8, 4) is 5.88 Å². The molecule has 0 saturated carbocycles. The summed E-state index contributed by atoms with van der Waals surface area (Å²) in [4.78, 5) is 21.8. The molecule has 1 fully saturated rings. The van der Waals surface area contributed by atoms with Gasteiger partial charge in [0, 0.05) is 24.3 Å². The van der Waals surface area contributed by atoms with E-state index < -0.39 is 5.97 Å². The third kappa shape index (κ3) is 3.59. The lowest BCUT2D eigenvalue weighted by Gasteiger charge is -2.35. The van der Waals surface area contributed by atoms with Gasteiger partial charge >= 0.3 is 5.97 Å².